The molecule has 22 heavy (non-hydrogen) atoms. The number of fused-ring (bicyclic) bond motifs is 1. The monoisotopic (exact) mass is 315 g/mol. The number of aryl methyl sites for hydroxylation is 1. The molecular formula is C16H14ClN3O2. The van der Waals surface area contributed by atoms with E-state index in [9.17, 15) is 4.79 Å². The van der Waals surface area contributed by atoms with Gasteiger partial charge in [-0.15, -0.1) is 11.6 Å². The minimum Gasteiger partial charge on any atom is -0.456 e. The van der Waals surface area contributed by atoms with Crippen LogP contribution in [0.4, 0.5) is 0 Å². The molecule has 2 heterocycles. The maximum Gasteiger partial charge on any atom is 0.198 e. The molecule has 0 saturated heterocycles. The first-order valence-electron chi connectivity index (χ1n) is 6.90. The van der Waals surface area contributed by atoms with Crippen molar-refractivity contribution < 1.29 is 9.53 Å². The van der Waals surface area contributed by atoms with Crippen molar-refractivity contribution in [3.05, 3.63) is 48.4 Å². The van der Waals surface area contributed by atoms with Gasteiger partial charge in [-0.3, -0.25) is 14.5 Å². The maximum absolute atomic E-state index is 11.9. The molecule has 3 aromatic rings. The standard InChI is InChI=1S/C16H14ClN3O2/c1-2-20-14-8-11(22-12-4-3-7-18-10-12)5-6-13(14)16(19-20)15(21)9-17/h3-8,10H,2,9H2,1H3. The first-order chi connectivity index (χ1) is 10.7. The highest BCUT2D eigenvalue weighted by Gasteiger charge is 2.16. The molecule has 6 heteroatoms. The third-order valence-electron chi connectivity index (χ3n) is 3.28. The second-order valence-corrected chi connectivity index (χ2v) is 4.96. The normalized spacial score (nSPS) is 10.8. The Morgan fingerprint density at radius 3 is 2.86 bits per heavy atom. The number of carbonyl (C=O) groups excluding carboxylic acids is 1. The van der Waals surface area contributed by atoms with Crippen molar-refractivity contribution >= 4 is 28.3 Å². The number of ether oxygens (including phenoxy) is 1. The Labute approximate surface area is 132 Å². The molecule has 0 aliphatic heterocycles. The van der Waals surface area contributed by atoms with E-state index in [-0.39, 0.29) is 11.7 Å². The highest BCUT2D eigenvalue weighted by molar-refractivity contribution is 6.31. The van der Waals surface area contributed by atoms with E-state index < -0.39 is 0 Å². The molecule has 0 fully saturated rings. The van der Waals surface area contributed by atoms with Gasteiger partial charge in [0.05, 0.1) is 17.6 Å². The number of benzene rings is 1. The third kappa shape index (κ3) is 2.67. The fourth-order valence-electron chi connectivity index (χ4n) is 2.27. The van der Waals surface area contributed by atoms with Gasteiger partial charge in [-0.05, 0) is 31.2 Å². The van der Waals surface area contributed by atoms with E-state index in [2.05, 4.69) is 10.1 Å². The first kappa shape index (κ1) is 14.5. The van der Waals surface area contributed by atoms with Crippen molar-refractivity contribution in [2.45, 2.75) is 13.5 Å². The van der Waals surface area contributed by atoms with Crippen LogP contribution in [0, 0.1) is 0 Å². The third-order valence-corrected chi connectivity index (χ3v) is 3.52. The molecule has 0 radical (unpaired) electrons. The fourth-order valence-corrected chi connectivity index (χ4v) is 2.40. The van der Waals surface area contributed by atoms with E-state index in [1.807, 2.05) is 31.2 Å². The largest absolute Gasteiger partial charge is 0.456 e. The molecule has 0 saturated carbocycles. The SMILES string of the molecule is CCn1nc(C(=O)CCl)c2ccc(Oc3cccnc3)cc21. The summed E-state index contributed by atoms with van der Waals surface area (Å²) < 4.78 is 7.54. The summed E-state index contributed by atoms with van der Waals surface area (Å²) in [5, 5.41) is 5.12. The minimum atomic E-state index is -0.181. The predicted octanol–water partition coefficient (Wildman–Crippen LogP) is 3.67. The molecule has 0 amide bonds. The molecule has 0 bridgehead atoms. The van der Waals surface area contributed by atoms with Crippen LogP contribution in [-0.4, -0.2) is 26.4 Å². The Balaban J connectivity index is 2.04. The van der Waals surface area contributed by atoms with E-state index in [0.29, 0.717) is 23.7 Å². The summed E-state index contributed by atoms with van der Waals surface area (Å²) in [4.78, 5) is 15.9. The number of halogens is 1. The summed E-state index contributed by atoms with van der Waals surface area (Å²) >= 11 is 5.65. The van der Waals surface area contributed by atoms with E-state index in [1.54, 1.807) is 23.1 Å². The number of hydrogen-bond donors (Lipinski definition) is 0. The van der Waals surface area contributed by atoms with Gasteiger partial charge in [0, 0.05) is 24.2 Å². The van der Waals surface area contributed by atoms with Gasteiger partial charge >= 0.3 is 0 Å². The molecule has 5 nitrogen and oxygen atoms in total. The Bertz CT molecular complexity index is 815. The predicted molar refractivity (Wildman–Crippen MR) is 84.8 cm³/mol. The van der Waals surface area contributed by atoms with Gasteiger partial charge in [0.25, 0.3) is 0 Å². The average molecular weight is 316 g/mol. The fraction of sp³-hybridized carbons (Fsp3) is 0.188. The molecule has 0 N–H and O–H groups in total. The number of hydrogen-bond acceptors (Lipinski definition) is 4. The second kappa shape index (κ2) is 6.15. The number of ketones is 1. The van der Waals surface area contributed by atoms with Crippen molar-refractivity contribution in [3.8, 4) is 11.5 Å². The van der Waals surface area contributed by atoms with Gasteiger partial charge in [0.15, 0.2) is 5.78 Å². The van der Waals surface area contributed by atoms with Crippen LogP contribution in [0.25, 0.3) is 10.9 Å². The summed E-state index contributed by atoms with van der Waals surface area (Å²) in [7, 11) is 0. The van der Waals surface area contributed by atoms with Gasteiger partial charge in [0.2, 0.25) is 0 Å². The molecule has 0 atom stereocenters. The van der Waals surface area contributed by atoms with Crippen LogP contribution < -0.4 is 4.74 Å². The maximum atomic E-state index is 11.9. The Hall–Kier alpha value is -2.40. The topological polar surface area (TPSA) is 57.0 Å². The molecule has 0 unspecified atom stereocenters. The van der Waals surface area contributed by atoms with Gasteiger partial charge in [0.1, 0.15) is 17.2 Å². The molecular weight excluding hydrogens is 302 g/mol. The number of aromatic nitrogens is 3. The summed E-state index contributed by atoms with van der Waals surface area (Å²) in [6.07, 6.45) is 3.33. The van der Waals surface area contributed by atoms with Crippen molar-refractivity contribution in [1.29, 1.82) is 0 Å². The van der Waals surface area contributed by atoms with Crippen molar-refractivity contribution in [2.75, 3.05) is 5.88 Å². The van der Waals surface area contributed by atoms with Gasteiger partial charge in [-0.1, -0.05) is 0 Å². The van der Waals surface area contributed by atoms with Crippen LogP contribution in [0.1, 0.15) is 17.4 Å². The summed E-state index contributed by atoms with van der Waals surface area (Å²) in [5.41, 5.74) is 1.25. The lowest BCUT2D eigenvalue weighted by atomic mass is 10.1. The van der Waals surface area contributed by atoms with Gasteiger partial charge in [-0.2, -0.15) is 5.10 Å². The number of Topliss-reactive ketones (excluding diaryl/α,β-unsaturated/α-hetero) is 1. The molecule has 3 rings (SSSR count). The molecule has 0 aliphatic rings. The number of pyridine rings is 1. The average Bonchev–Trinajstić information content (AvgIpc) is 2.93. The Kier molecular flexibility index (Phi) is 4.06. The van der Waals surface area contributed by atoms with Crippen molar-refractivity contribution in [3.63, 3.8) is 0 Å². The zero-order chi connectivity index (χ0) is 15.5. The Morgan fingerprint density at radius 2 is 2.18 bits per heavy atom. The molecule has 112 valence electrons. The first-order valence-corrected chi connectivity index (χ1v) is 7.44. The van der Waals surface area contributed by atoms with Crippen LogP contribution in [0.15, 0.2) is 42.7 Å². The zero-order valence-electron chi connectivity index (χ0n) is 12.0. The van der Waals surface area contributed by atoms with E-state index in [0.717, 1.165) is 10.9 Å². The second-order valence-electron chi connectivity index (χ2n) is 4.69. The quantitative estimate of drug-likeness (QED) is 0.532. The van der Waals surface area contributed by atoms with Crippen LogP contribution in [-0.2, 0) is 6.54 Å². The number of alkyl halides is 1. The smallest absolute Gasteiger partial charge is 0.198 e. The highest BCUT2D eigenvalue weighted by atomic mass is 35.5. The van der Waals surface area contributed by atoms with Crippen molar-refractivity contribution in [2.24, 2.45) is 0 Å². The number of rotatable bonds is 5. The minimum absolute atomic E-state index is 0.0796. The summed E-state index contributed by atoms with van der Waals surface area (Å²) in [6.45, 7) is 2.62. The Morgan fingerprint density at radius 1 is 1.32 bits per heavy atom. The van der Waals surface area contributed by atoms with Gasteiger partial charge in [-0.25, -0.2) is 0 Å². The van der Waals surface area contributed by atoms with E-state index in [4.69, 9.17) is 16.3 Å². The van der Waals surface area contributed by atoms with Gasteiger partial charge < -0.3 is 4.74 Å². The summed E-state index contributed by atoms with van der Waals surface area (Å²) in [6, 6.07) is 9.14. The molecule has 0 aliphatic carbocycles. The van der Waals surface area contributed by atoms with Crippen LogP contribution in [0.5, 0.6) is 11.5 Å². The van der Waals surface area contributed by atoms with Crippen LogP contribution >= 0.6 is 11.6 Å². The zero-order valence-corrected chi connectivity index (χ0v) is 12.7. The van der Waals surface area contributed by atoms with E-state index in [1.165, 1.54) is 0 Å². The lowest BCUT2D eigenvalue weighted by Crippen LogP contribution is -2.03. The summed E-state index contributed by atoms with van der Waals surface area (Å²) in [5.74, 6) is 1.06. The lowest BCUT2D eigenvalue weighted by Gasteiger charge is -2.06. The van der Waals surface area contributed by atoms with E-state index >= 15 is 0 Å². The molecule has 0 spiro atoms. The van der Waals surface area contributed by atoms with Crippen LogP contribution in [0.2, 0.25) is 0 Å². The number of carbonyl (C=O) groups is 1. The highest BCUT2D eigenvalue weighted by Crippen LogP contribution is 2.27. The molecule has 2 aromatic heterocycles. The van der Waals surface area contributed by atoms with Crippen molar-refractivity contribution in [1.82, 2.24) is 14.8 Å². The molecule has 1 aromatic carbocycles. The lowest BCUT2D eigenvalue weighted by molar-refractivity contribution is 0.101. The number of nitrogens with zero attached hydrogens (tertiary/aromatic N) is 3. The van der Waals surface area contributed by atoms with Crippen LogP contribution in [0.3, 0.4) is 0 Å².